The zero-order valence-corrected chi connectivity index (χ0v) is 14.4. The van der Waals surface area contributed by atoms with Crippen LogP contribution in [0.5, 0.6) is 5.75 Å². The van der Waals surface area contributed by atoms with Gasteiger partial charge in [-0.1, -0.05) is 70.8 Å². The van der Waals surface area contributed by atoms with Gasteiger partial charge in [-0.25, -0.2) is 0 Å². The maximum Gasteiger partial charge on any atom is 0.118 e. The molecule has 0 aliphatic heterocycles. The molecule has 0 saturated carbocycles. The van der Waals surface area contributed by atoms with Gasteiger partial charge in [-0.05, 0) is 49.4 Å². The van der Waals surface area contributed by atoms with Gasteiger partial charge in [0.1, 0.15) is 5.75 Å². The Morgan fingerprint density at radius 3 is 1.81 bits per heavy atom. The van der Waals surface area contributed by atoms with Gasteiger partial charge in [0, 0.05) is 0 Å². The second-order valence-corrected chi connectivity index (χ2v) is 6.50. The van der Waals surface area contributed by atoms with E-state index in [-0.39, 0.29) is 0 Å². The first-order chi connectivity index (χ1) is 10.1. The van der Waals surface area contributed by atoms with E-state index in [1.807, 2.05) is 13.0 Å². The molecule has 0 atom stereocenters. The van der Waals surface area contributed by atoms with E-state index in [0.29, 0.717) is 5.75 Å². The molecule has 1 aromatic rings. The van der Waals surface area contributed by atoms with Gasteiger partial charge in [0.15, 0.2) is 0 Å². The van der Waals surface area contributed by atoms with Crippen LogP contribution in [0.2, 0.25) is 0 Å². The molecule has 0 fully saturated rings. The lowest BCUT2D eigenvalue weighted by Crippen LogP contribution is -1.92. The molecule has 0 aromatic heterocycles. The highest BCUT2D eigenvalue weighted by atomic mass is 16.3. The highest BCUT2D eigenvalue weighted by molar-refractivity contribution is 5.40. The molecule has 0 aliphatic carbocycles. The van der Waals surface area contributed by atoms with Crippen molar-refractivity contribution in [3.63, 3.8) is 0 Å². The Labute approximate surface area is 131 Å². The Balaban J connectivity index is 2.05. The first-order valence-corrected chi connectivity index (χ1v) is 8.94. The van der Waals surface area contributed by atoms with Crippen LogP contribution >= 0.6 is 0 Å². The zero-order valence-electron chi connectivity index (χ0n) is 14.4. The van der Waals surface area contributed by atoms with Gasteiger partial charge in [0.05, 0.1) is 0 Å². The maximum atomic E-state index is 9.67. The Hall–Kier alpha value is -0.980. The Kier molecular flexibility index (Phi) is 9.21. The van der Waals surface area contributed by atoms with Crippen molar-refractivity contribution in [1.82, 2.24) is 0 Å². The fourth-order valence-corrected chi connectivity index (χ4v) is 2.93. The first kappa shape index (κ1) is 18.1. The van der Waals surface area contributed by atoms with E-state index >= 15 is 0 Å². The molecule has 1 aromatic carbocycles. The van der Waals surface area contributed by atoms with Gasteiger partial charge in [-0.2, -0.15) is 0 Å². The molecule has 0 amide bonds. The second kappa shape index (κ2) is 10.7. The third-order valence-electron chi connectivity index (χ3n) is 4.45. The van der Waals surface area contributed by atoms with Gasteiger partial charge >= 0.3 is 0 Å². The van der Waals surface area contributed by atoms with Gasteiger partial charge in [-0.15, -0.1) is 0 Å². The summed E-state index contributed by atoms with van der Waals surface area (Å²) in [6.45, 7) is 6.36. The van der Waals surface area contributed by atoms with Gasteiger partial charge in [0.25, 0.3) is 0 Å². The average Bonchev–Trinajstić information content (AvgIpc) is 2.46. The number of hydrogen-bond acceptors (Lipinski definition) is 1. The average molecular weight is 290 g/mol. The minimum atomic E-state index is 0.430. The lowest BCUT2D eigenvalue weighted by Gasteiger charge is -2.09. The number of phenolic OH excluding ortho intramolecular Hbond substituents is 1. The van der Waals surface area contributed by atoms with Crippen LogP contribution in [-0.2, 0) is 6.42 Å². The lowest BCUT2D eigenvalue weighted by atomic mass is 9.98. The van der Waals surface area contributed by atoms with Crippen molar-refractivity contribution in [1.29, 1.82) is 0 Å². The quantitative estimate of drug-likeness (QED) is 0.463. The number of hydrogen-bond donors (Lipinski definition) is 1. The summed E-state index contributed by atoms with van der Waals surface area (Å²) in [7, 11) is 0. The van der Waals surface area contributed by atoms with Gasteiger partial charge in [0.2, 0.25) is 0 Å². The predicted octanol–water partition coefficient (Wildman–Crippen LogP) is 6.47. The smallest absolute Gasteiger partial charge is 0.118 e. The molecule has 0 bridgehead atoms. The van der Waals surface area contributed by atoms with Gasteiger partial charge < -0.3 is 5.11 Å². The minimum absolute atomic E-state index is 0.430. The van der Waals surface area contributed by atoms with Crippen molar-refractivity contribution in [3.05, 3.63) is 28.8 Å². The van der Waals surface area contributed by atoms with Crippen molar-refractivity contribution >= 4 is 0 Å². The summed E-state index contributed by atoms with van der Waals surface area (Å²) in [5.41, 5.74) is 3.64. The summed E-state index contributed by atoms with van der Waals surface area (Å²) >= 11 is 0. The van der Waals surface area contributed by atoms with E-state index in [1.54, 1.807) is 0 Å². The van der Waals surface area contributed by atoms with Crippen LogP contribution in [0.1, 0.15) is 87.8 Å². The summed E-state index contributed by atoms with van der Waals surface area (Å²) in [6.07, 6.45) is 15.0. The highest BCUT2D eigenvalue weighted by Crippen LogP contribution is 2.23. The summed E-state index contributed by atoms with van der Waals surface area (Å²) < 4.78 is 0. The van der Waals surface area contributed by atoms with Crippen LogP contribution in [0, 0.1) is 13.8 Å². The van der Waals surface area contributed by atoms with Crippen LogP contribution < -0.4 is 0 Å². The Morgan fingerprint density at radius 1 is 0.714 bits per heavy atom. The molecule has 0 spiro atoms. The Bertz CT molecular complexity index is 395. The summed E-state index contributed by atoms with van der Waals surface area (Å²) in [4.78, 5) is 0. The number of unbranched alkanes of at least 4 members (excludes halogenated alkanes) is 9. The van der Waals surface area contributed by atoms with Crippen LogP contribution in [-0.4, -0.2) is 5.11 Å². The summed E-state index contributed by atoms with van der Waals surface area (Å²) in [5, 5.41) is 9.67. The fraction of sp³-hybridized carbons (Fsp3) is 0.700. The molecule has 21 heavy (non-hydrogen) atoms. The molecule has 1 rings (SSSR count). The van der Waals surface area contributed by atoms with Crippen LogP contribution in [0.4, 0.5) is 0 Å². The van der Waals surface area contributed by atoms with E-state index in [4.69, 9.17) is 0 Å². The van der Waals surface area contributed by atoms with Crippen LogP contribution in [0.3, 0.4) is 0 Å². The van der Waals surface area contributed by atoms with Crippen LogP contribution in [0.25, 0.3) is 0 Å². The van der Waals surface area contributed by atoms with E-state index < -0.39 is 0 Å². The summed E-state index contributed by atoms with van der Waals surface area (Å²) in [6, 6.07) is 4.05. The highest BCUT2D eigenvalue weighted by Gasteiger charge is 2.03. The first-order valence-electron chi connectivity index (χ1n) is 8.94. The third kappa shape index (κ3) is 7.55. The normalized spacial score (nSPS) is 11.0. The molecule has 1 heteroatoms. The standard InChI is InChI=1S/C20H34O/c1-4-5-6-7-8-9-10-11-12-13-14-19-15-18(3)20(21)16-17(19)2/h15-16,21H,4-14H2,1-3H3. The van der Waals surface area contributed by atoms with Crippen molar-refractivity contribution < 1.29 is 5.11 Å². The zero-order chi connectivity index (χ0) is 15.5. The number of aromatic hydroxyl groups is 1. The molecule has 0 unspecified atom stereocenters. The lowest BCUT2D eigenvalue weighted by molar-refractivity contribution is 0.470. The summed E-state index contributed by atoms with van der Waals surface area (Å²) in [5.74, 6) is 0.430. The van der Waals surface area contributed by atoms with Crippen molar-refractivity contribution in [2.75, 3.05) is 0 Å². The molecule has 0 saturated heterocycles. The van der Waals surface area contributed by atoms with Crippen molar-refractivity contribution in [2.45, 2.75) is 91.4 Å². The number of benzene rings is 1. The molecule has 120 valence electrons. The second-order valence-electron chi connectivity index (χ2n) is 6.50. The monoisotopic (exact) mass is 290 g/mol. The van der Waals surface area contributed by atoms with Crippen molar-refractivity contribution in [3.8, 4) is 5.75 Å². The van der Waals surface area contributed by atoms with Gasteiger partial charge in [-0.3, -0.25) is 0 Å². The Morgan fingerprint density at radius 2 is 1.24 bits per heavy atom. The molecule has 0 aliphatic rings. The van der Waals surface area contributed by atoms with Crippen LogP contribution in [0.15, 0.2) is 12.1 Å². The van der Waals surface area contributed by atoms with E-state index in [2.05, 4.69) is 19.9 Å². The third-order valence-corrected chi connectivity index (χ3v) is 4.45. The van der Waals surface area contributed by atoms with E-state index in [0.717, 1.165) is 12.0 Å². The molecule has 1 N–H and O–H groups in total. The fourth-order valence-electron chi connectivity index (χ4n) is 2.93. The molecule has 0 radical (unpaired) electrons. The van der Waals surface area contributed by atoms with Crippen molar-refractivity contribution in [2.24, 2.45) is 0 Å². The topological polar surface area (TPSA) is 20.2 Å². The van der Waals surface area contributed by atoms with E-state index in [1.165, 1.54) is 75.3 Å². The van der Waals surface area contributed by atoms with E-state index in [9.17, 15) is 5.11 Å². The number of phenols is 1. The molecule has 1 nitrogen and oxygen atoms in total. The predicted molar refractivity (Wildman–Crippen MR) is 93.1 cm³/mol. The molecule has 0 heterocycles. The number of aryl methyl sites for hydroxylation is 3. The number of rotatable bonds is 11. The SMILES string of the molecule is CCCCCCCCCCCCc1cc(C)c(O)cc1C. The minimum Gasteiger partial charge on any atom is -0.508 e. The molecular weight excluding hydrogens is 256 g/mol. The largest absolute Gasteiger partial charge is 0.508 e. The molecular formula is C20H34O. The maximum absolute atomic E-state index is 9.67.